The van der Waals surface area contributed by atoms with Gasteiger partial charge in [-0.15, -0.1) is 0 Å². The zero-order chi connectivity index (χ0) is 28.2. The molecule has 1 aliphatic heterocycles. The lowest BCUT2D eigenvalue weighted by atomic mass is 9.43. The molecule has 5 saturated carbocycles. The molecule has 1 spiro atoms. The highest BCUT2D eigenvalue weighted by molar-refractivity contribution is 5.89. The quantitative estimate of drug-likeness (QED) is 0.485. The summed E-state index contributed by atoms with van der Waals surface area (Å²) in [6, 6.07) is 8.84. The van der Waals surface area contributed by atoms with E-state index in [9.17, 15) is 15.0 Å². The molecule has 1 saturated heterocycles. The minimum Gasteiger partial charge on any atom is -0.455 e. The van der Waals surface area contributed by atoms with E-state index in [1.807, 2.05) is 6.07 Å². The number of likely N-dealkylation sites (tertiary alicyclic amines) is 1. The van der Waals surface area contributed by atoms with E-state index in [0.29, 0.717) is 18.6 Å². The molecule has 7 bridgehead atoms. The van der Waals surface area contributed by atoms with Crippen molar-refractivity contribution in [3.8, 4) is 0 Å². The number of carbonyl (C=O) groups is 1. The summed E-state index contributed by atoms with van der Waals surface area (Å²) in [4.78, 5) is 15.9. The minimum atomic E-state index is -1.44. The average molecular weight is 558 g/mol. The number of ether oxygens (including phenoxy) is 5. The highest BCUT2D eigenvalue weighted by Crippen LogP contribution is 2.80. The number of aliphatic hydroxyl groups is 2. The average Bonchev–Trinajstić information content (AvgIpc) is 3.34. The van der Waals surface area contributed by atoms with Gasteiger partial charge in [0, 0.05) is 76.0 Å². The Morgan fingerprint density at radius 2 is 1.70 bits per heavy atom. The minimum absolute atomic E-state index is 0.0210. The molecule has 0 amide bonds. The highest BCUT2D eigenvalue weighted by atomic mass is 16.6. The fourth-order valence-electron chi connectivity index (χ4n) is 11.8. The van der Waals surface area contributed by atoms with Gasteiger partial charge < -0.3 is 38.8 Å². The second-order valence-electron chi connectivity index (χ2n) is 13.6. The largest absolute Gasteiger partial charge is 0.455 e. The third kappa shape index (κ3) is 3.00. The normalized spacial score (nSPS) is 52.0. The zero-order valence-corrected chi connectivity index (χ0v) is 24.1. The van der Waals surface area contributed by atoms with Crippen LogP contribution in [0.5, 0.6) is 0 Å². The number of benzene rings is 1. The first-order valence-electron chi connectivity index (χ1n) is 14.7. The molecule has 9 nitrogen and oxygen atoms in total. The van der Waals surface area contributed by atoms with Gasteiger partial charge in [-0.1, -0.05) is 18.2 Å². The second-order valence-corrected chi connectivity index (χ2v) is 13.6. The van der Waals surface area contributed by atoms with Gasteiger partial charge in [-0.05, 0) is 44.4 Å². The lowest BCUT2D eigenvalue weighted by Crippen LogP contribution is -2.76. The monoisotopic (exact) mass is 557 g/mol. The van der Waals surface area contributed by atoms with Crippen LogP contribution in [0.4, 0.5) is 0 Å². The lowest BCUT2D eigenvalue weighted by molar-refractivity contribution is -0.281. The van der Waals surface area contributed by atoms with Crippen LogP contribution in [0.3, 0.4) is 0 Å². The topological polar surface area (TPSA) is 107 Å². The molecule has 7 rings (SSSR count). The van der Waals surface area contributed by atoms with Crippen LogP contribution in [-0.2, 0) is 23.7 Å². The first-order chi connectivity index (χ1) is 19.2. The van der Waals surface area contributed by atoms with Gasteiger partial charge in [-0.2, -0.15) is 0 Å². The molecule has 40 heavy (non-hydrogen) atoms. The highest BCUT2D eigenvalue weighted by Gasteiger charge is 2.88. The van der Waals surface area contributed by atoms with Gasteiger partial charge >= 0.3 is 5.97 Å². The number of fused-ring (bicyclic) bond motifs is 2. The van der Waals surface area contributed by atoms with Crippen molar-refractivity contribution >= 4 is 5.97 Å². The number of hydrogen-bond acceptors (Lipinski definition) is 9. The van der Waals surface area contributed by atoms with Crippen molar-refractivity contribution < 1.29 is 38.7 Å². The Hall–Kier alpha value is -1.59. The van der Waals surface area contributed by atoms with Crippen LogP contribution >= 0.6 is 0 Å². The van der Waals surface area contributed by atoms with Crippen LogP contribution in [0.1, 0.15) is 36.0 Å². The molecule has 2 N–H and O–H groups in total. The third-order valence-electron chi connectivity index (χ3n) is 12.4. The van der Waals surface area contributed by atoms with E-state index in [4.69, 9.17) is 23.7 Å². The summed E-state index contributed by atoms with van der Waals surface area (Å²) >= 11 is 0. The van der Waals surface area contributed by atoms with E-state index in [-0.39, 0.29) is 47.8 Å². The van der Waals surface area contributed by atoms with Crippen molar-refractivity contribution in [2.24, 2.45) is 34.5 Å². The summed E-state index contributed by atoms with van der Waals surface area (Å²) in [6.45, 7) is 1.44. The molecular formula is C31H43NO8. The van der Waals surface area contributed by atoms with Gasteiger partial charge in [0.1, 0.15) is 11.7 Å². The molecule has 220 valence electrons. The first-order valence-corrected chi connectivity index (χ1v) is 14.7. The SMILES string of the molecule is COCC12CCC(OC)C34C5CC6(O)C(OC)CC(O)(C5C6OC(=O)c5ccccc5)C(C(OC)C13)C4N(C)C2. The molecule has 13 unspecified atom stereocenters. The molecule has 1 heterocycles. The van der Waals surface area contributed by atoms with Crippen LogP contribution in [-0.4, -0.2) is 111 Å². The van der Waals surface area contributed by atoms with Crippen LogP contribution < -0.4 is 0 Å². The number of piperidine rings is 1. The van der Waals surface area contributed by atoms with E-state index in [1.165, 1.54) is 0 Å². The standard InChI is InChI=1S/C31H43NO8/c1-32-15-28(16-36-2)12-11-19(37-3)31-18-13-29(34)20(38-4)14-30(35,22(25(31)32)23(39-5)24(28)31)21(18)26(29)40-27(33)17-9-7-6-8-10-17/h6-10,18-26,34-35H,11-16H2,1-5H3. The van der Waals surface area contributed by atoms with Crippen molar-refractivity contribution in [1.29, 1.82) is 0 Å². The number of rotatable bonds is 7. The van der Waals surface area contributed by atoms with Gasteiger partial charge in [-0.25, -0.2) is 4.79 Å². The van der Waals surface area contributed by atoms with Crippen molar-refractivity contribution in [3.63, 3.8) is 0 Å². The predicted molar refractivity (Wildman–Crippen MR) is 144 cm³/mol. The van der Waals surface area contributed by atoms with Gasteiger partial charge in [0.2, 0.25) is 0 Å². The fraction of sp³-hybridized carbons (Fsp3) is 0.774. The summed E-state index contributed by atoms with van der Waals surface area (Å²) in [6.07, 6.45) is 0.459. The van der Waals surface area contributed by atoms with E-state index >= 15 is 0 Å². The second kappa shape index (κ2) is 8.96. The number of carbonyl (C=O) groups excluding carboxylic acids is 1. The third-order valence-corrected chi connectivity index (χ3v) is 12.4. The van der Waals surface area contributed by atoms with Crippen molar-refractivity contribution in [2.45, 2.75) is 67.3 Å². The molecule has 5 aliphatic carbocycles. The van der Waals surface area contributed by atoms with E-state index in [1.54, 1.807) is 52.7 Å². The molecule has 6 fully saturated rings. The lowest BCUT2D eigenvalue weighted by Gasteiger charge is -2.68. The summed E-state index contributed by atoms with van der Waals surface area (Å²) in [7, 11) is 9.03. The molecule has 9 heteroatoms. The zero-order valence-electron chi connectivity index (χ0n) is 24.1. The molecule has 0 radical (unpaired) electrons. The van der Waals surface area contributed by atoms with Crippen LogP contribution in [0.15, 0.2) is 30.3 Å². The Morgan fingerprint density at radius 3 is 2.35 bits per heavy atom. The first kappa shape index (κ1) is 27.3. The molecule has 1 aromatic rings. The molecular weight excluding hydrogens is 514 g/mol. The summed E-state index contributed by atoms with van der Waals surface area (Å²) in [5.41, 5.74) is -2.90. The molecule has 1 aromatic carbocycles. The van der Waals surface area contributed by atoms with Crippen molar-refractivity contribution in [1.82, 2.24) is 4.90 Å². The molecule has 13 atom stereocenters. The number of methoxy groups -OCH3 is 4. The summed E-state index contributed by atoms with van der Waals surface area (Å²) < 4.78 is 30.9. The van der Waals surface area contributed by atoms with E-state index < -0.39 is 40.7 Å². The van der Waals surface area contributed by atoms with Crippen molar-refractivity contribution in [2.75, 3.05) is 48.6 Å². The smallest absolute Gasteiger partial charge is 0.338 e. The molecule has 6 aliphatic rings. The maximum atomic E-state index is 13.5. The molecule has 0 aromatic heterocycles. The Morgan fingerprint density at radius 1 is 0.975 bits per heavy atom. The summed E-state index contributed by atoms with van der Waals surface area (Å²) in [5.74, 6) is -1.37. The van der Waals surface area contributed by atoms with Gasteiger partial charge in [0.25, 0.3) is 0 Å². The Balaban J connectivity index is 1.44. The van der Waals surface area contributed by atoms with Crippen LogP contribution in [0.2, 0.25) is 0 Å². The maximum Gasteiger partial charge on any atom is 0.338 e. The van der Waals surface area contributed by atoms with E-state index in [2.05, 4.69) is 11.9 Å². The van der Waals surface area contributed by atoms with Crippen LogP contribution in [0.25, 0.3) is 0 Å². The number of hydrogen-bond donors (Lipinski definition) is 2. The van der Waals surface area contributed by atoms with Crippen LogP contribution in [0, 0.1) is 34.5 Å². The van der Waals surface area contributed by atoms with Gasteiger partial charge in [-0.3, -0.25) is 0 Å². The Labute approximate surface area is 236 Å². The maximum absolute atomic E-state index is 13.5. The Kier molecular flexibility index (Phi) is 6.10. The summed E-state index contributed by atoms with van der Waals surface area (Å²) in [5, 5.41) is 25.5. The van der Waals surface area contributed by atoms with Crippen molar-refractivity contribution in [3.05, 3.63) is 35.9 Å². The predicted octanol–water partition coefficient (Wildman–Crippen LogP) is 1.75. The Bertz CT molecular complexity index is 1170. The fourth-order valence-corrected chi connectivity index (χ4v) is 11.8. The van der Waals surface area contributed by atoms with E-state index in [0.717, 1.165) is 19.4 Å². The van der Waals surface area contributed by atoms with Gasteiger partial charge in [0.15, 0.2) is 0 Å². The number of nitrogens with zero attached hydrogens (tertiary/aromatic N) is 1. The number of esters is 1. The van der Waals surface area contributed by atoms with Gasteiger partial charge in [0.05, 0.1) is 36.1 Å².